The second kappa shape index (κ2) is 9.81. The monoisotopic (exact) mass is 503 g/mol. The Kier molecular flexibility index (Phi) is 6.36. The second-order valence-corrected chi connectivity index (χ2v) is 10.6. The molecule has 2 aliphatic carbocycles. The lowest BCUT2D eigenvalue weighted by molar-refractivity contribution is -0.128. The Hall–Kier alpha value is -3.40. The topological polar surface area (TPSA) is 119 Å². The summed E-state index contributed by atoms with van der Waals surface area (Å²) < 4.78 is 12.3. The first-order valence-corrected chi connectivity index (χ1v) is 13.4. The van der Waals surface area contributed by atoms with Crippen LogP contribution in [0.5, 0.6) is 5.88 Å². The minimum Gasteiger partial charge on any atom is -0.473 e. The van der Waals surface area contributed by atoms with E-state index in [0.29, 0.717) is 41.5 Å². The third-order valence-electron chi connectivity index (χ3n) is 8.22. The van der Waals surface area contributed by atoms with Crippen LogP contribution < -0.4 is 10.1 Å². The fourth-order valence-electron chi connectivity index (χ4n) is 6.32. The normalized spacial score (nSPS) is 24.7. The van der Waals surface area contributed by atoms with E-state index in [1.54, 1.807) is 18.3 Å². The number of rotatable bonds is 6. The Morgan fingerprint density at radius 2 is 2.05 bits per heavy atom. The molecule has 4 heterocycles. The summed E-state index contributed by atoms with van der Waals surface area (Å²) in [5.41, 5.74) is 0.999. The molecule has 3 aromatic heterocycles. The number of anilines is 2. The van der Waals surface area contributed by atoms with Gasteiger partial charge in [-0.1, -0.05) is 11.6 Å². The molecule has 1 spiro atoms. The summed E-state index contributed by atoms with van der Waals surface area (Å²) in [6, 6.07) is 3.89. The number of hydrogen-bond donors (Lipinski definition) is 1. The summed E-state index contributed by atoms with van der Waals surface area (Å²) in [5.74, 6) is 3.04. The zero-order valence-corrected chi connectivity index (χ0v) is 21.4. The predicted octanol–water partition coefficient (Wildman–Crippen LogP) is 4.24. The molecular formula is C27H33N7O3. The van der Waals surface area contributed by atoms with Gasteiger partial charge in [0.15, 0.2) is 17.3 Å². The standard InChI is InChI=1S/C27H33N7O3/c1-17(19-8-6-14-34(19)2)36-23-15-22(30-21-10-13-28-16-29-21)31-26(32-23)24-18-7-5-12-27(25(18)37-33-24)11-4-3-9-20(27)35/h10,13,15-17,19H,3-9,11-12,14H2,1-2H3,(H,28,29,30,31,32)/t17-,19-,27+/m0/s1. The number of fused-ring (bicyclic) bond motifs is 2. The van der Waals surface area contributed by atoms with Crippen LogP contribution in [-0.2, 0) is 16.6 Å². The van der Waals surface area contributed by atoms with Crippen molar-refractivity contribution < 1.29 is 14.1 Å². The average Bonchev–Trinajstić information content (AvgIpc) is 3.53. The number of Topliss-reactive ketones (excluding diaryl/α,β-unsaturated/α-hetero) is 1. The molecule has 1 aliphatic heterocycles. The number of nitrogens with one attached hydrogen (secondary N) is 1. The van der Waals surface area contributed by atoms with E-state index in [0.717, 1.165) is 69.2 Å². The molecule has 37 heavy (non-hydrogen) atoms. The van der Waals surface area contributed by atoms with E-state index in [4.69, 9.17) is 19.2 Å². The average molecular weight is 504 g/mol. The Balaban J connectivity index is 1.38. The zero-order chi connectivity index (χ0) is 25.4. The first kappa shape index (κ1) is 24.0. The number of likely N-dealkylation sites (tertiary alicyclic amines) is 1. The minimum atomic E-state index is -0.547. The summed E-state index contributed by atoms with van der Waals surface area (Å²) in [6.45, 7) is 3.15. The molecule has 0 aromatic carbocycles. The Bertz CT molecular complexity index is 1280. The van der Waals surface area contributed by atoms with Gasteiger partial charge in [-0.3, -0.25) is 9.69 Å². The molecule has 1 saturated heterocycles. The molecule has 6 rings (SSSR count). The van der Waals surface area contributed by atoms with Gasteiger partial charge in [0.1, 0.15) is 29.9 Å². The number of ether oxygens (including phenoxy) is 1. The van der Waals surface area contributed by atoms with E-state index in [1.807, 2.05) is 0 Å². The molecule has 3 aliphatic rings. The van der Waals surface area contributed by atoms with E-state index < -0.39 is 5.41 Å². The van der Waals surface area contributed by atoms with E-state index >= 15 is 0 Å². The van der Waals surface area contributed by atoms with Gasteiger partial charge in [0.2, 0.25) is 5.88 Å². The largest absolute Gasteiger partial charge is 0.473 e. The van der Waals surface area contributed by atoms with Gasteiger partial charge in [-0.15, -0.1) is 0 Å². The van der Waals surface area contributed by atoms with Crippen molar-refractivity contribution >= 4 is 17.4 Å². The highest BCUT2D eigenvalue weighted by molar-refractivity contribution is 5.91. The highest BCUT2D eigenvalue weighted by Crippen LogP contribution is 2.47. The molecule has 0 bridgehead atoms. The molecule has 0 unspecified atom stereocenters. The number of nitrogens with zero attached hydrogens (tertiary/aromatic N) is 6. The van der Waals surface area contributed by atoms with Crippen LogP contribution in [0.1, 0.15) is 69.6 Å². The quantitative estimate of drug-likeness (QED) is 0.523. The van der Waals surface area contributed by atoms with Gasteiger partial charge in [-0.25, -0.2) is 15.0 Å². The van der Waals surface area contributed by atoms with Crippen molar-refractivity contribution in [3.8, 4) is 17.4 Å². The van der Waals surface area contributed by atoms with Crippen molar-refractivity contribution in [2.45, 2.75) is 82.3 Å². The van der Waals surface area contributed by atoms with Gasteiger partial charge in [0.05, 0.1) is 5.41 Å². The third kappa shape index (κ3) is 4.47. The van der Waals surface area contributed by atoms with Gasteiger partial charge < -0.3 is 14.6 Å². The maximum absolute atomic E-state index is 13.1. The molecule has 1 N–H and O–H groups in total. The maximum Gasteiger partial charge on any atom is 0.219 e. The number of carbonyl (C=O) groups is 1. The van der Waals surface area contributed by atoms with Gasteiger partial charge in [-0.05, 0) is 71.5 Å². The highest BCUT2D eigenvalue weighted by Gasteiger charge is 2.48. The van der Waals surface area contributed by atoms with Crippen LogP contribution in [0.3, 0.4) is 0 Å². The number of ketones is 1. The van der Waals surface area contributed by atoms with E-state index in [2.05, 4.69) is 39.3 Å². The van der Waals surface area contributed by atoms with Crippen molar-refractivity contribution in [2.75, 3.05) is 18.9 Å². The first-order chi connectivity index (χ1) is 18.0. The fraction of sp³-hybridized carbons (Fsp3) is 0.556. The van der Waals surface area contributed by atoms with Crippen molar-refractivity contribution in [3.63, 3.8) is 0 Å². The summed E-state index contributed by atoms with van der Waals surface area (Å²) in [5, 5.41) is 7.68. The number of likely N-dealkylation sites (N-methyl/N-ethyl adjacent to an activating group) is 1. The molecule has 194 valence electrons. The van der Waals surface area contributed by atoms with Crippen LogP contribution in [0.4, 0.5) is 11.6 Å². The lowest BCUT2D eigenvalue weighted by atomic mass is 9.64. The van der Waals surface area contributed by atoms with Crippen LogP contribution in [0, 0.1) is 0 Å². The van der Waals surface area contributed by atoms with Gasteiger partial charge in [-0.2, -0.15) is 4.98 Å². The molecule has 10 nitrogen and oxygen atoms in total. The SMILES string of the molecule is C[C@H](Oc1cc(Nc2ccncn2)nc(-c2noc3c2CCC[C@@]32CCCCC2=O)n1)[C@@H]1CCCN1C. The Morgan fingerprint density at radius 1 is 1.16 bits per heavy atom. The third-order valence-corrected chi connectivity index (χ3v) is 8.22. The van der Waals surface area contributed by atoms with Crippen molar-refractivity contribution in [3.05, 3.63) is 36.0 Å². The zero-order valence-electron chi connectivity index (χ0n) is 21.4. The lowest BCUT2D eigenvalue weighted by Gasteiger charge is -2.36. The van der Waals surface area contributed by atoms with Crippen molar-refractivity contribution in [2.24, 2.45) is 0 Å². The molecule has 2 fully saturated rings. The number of aromatic nitrogens is 5. The second-order valence-electron chi connectivity index (χ2n) is 10.6. The highest BCUT2D eigenvalue weighted by atomic mass is 16.5. The minimum absolute atomic E-state index is 0.0449. The molecule has 3 aromatic rings. The van der Waals surface area contributed by atoms with Crippen LogP contribution >= 0.6 is 0 Å². The predicted molar refractivity (Wildman–Crippen MR) is 137 cm³/mol. The van der Waals surface area contributed by atoms with E-state index in [1.165, 1.54) is 6.33 Å². The molecule has 3 atom stereocenters. The molecule has 0 amide bonds. The summed E-state index contributed by atoms with van der Waals surface area (Å²) >= 11 is 0. The van der Waals surface area contributed by atoms with E-state index in [9.17, 15) is 4.79 Å². The van der Waals surface area contributed by atoms with Crippen molar-refractivity contribution in [1.29, 1.82) is 0 Å². The molecule has 1 saturated carbocycles. The van der Waals surface area contributed by atoms with Crippen molar-refractivity contribution in [1.82, 2.24) is 30.0 Å². The maximum atomic E-state index is 13.1. The van der Waals surface area contributed by atoms with Gasteiger partial charge >= 0.3 is 0 Å². The van der Waals surface area contributed by atoms with Gasteiger partial charge in [0.25, 0.3) is 0 Å². The first-order valence-electron chi connectivity index (χ1n) is 13.4. The molecule has 0 radical (unpaired) electrons. The van der Waals surface area contributed by atoms with Crippen LogP contribution in [0.25, 0.3) is 11.5 Å². The van der Waals surface area contributed by atoms with Crippen LogP contribution in [0.2, 0.25) is 0 Å². The van der Waals surface area contributed by atoms with Crippen LogP contribution in [0.15, 0.2) is 29.2 Å². The Labute approximate surface area is 216 Å². The lowest BCUT2D eigenvalue weighted by Crippen LogP contribution is -2.41. The summed E-state index contributed by atoms with van der Waals surface area (Å²) in [7, 11) is 2.13. The number of hydrogen-bond acceptors (Lipinski definition) is 10. The molecule has 10 heteroatoms. The van der Waals surface area contributed by atoms with Crippen LogP contribution in [-0.4, -0.2) is 61.5 Å². The van der Waals surface area contributed by atoms with E-state index in [-0.39, 0.29) is 11.9 Å². The molecular weight excluding hydrogens is 470 g/mol. The smallest absolute Gasteiger partial charge is 0.219 e. The number of carbonyl (C=O) groups excluding carboxylic acids is 1. The fourth-order valence-corrected chi connectivity index (χ4v) is 6.32. The summed E-state index contributed by atoms with van der Waals surface area (Å²) in [6.07, 6.45) is 11.3. The van der Waals surface area contributed by atoms with Gasteiger partial charge in [0, 0.05) is 30.3 Å². The summed E-state index contributed by atoms with van der Waals surface area (Å²) in [4.78, 5) is 33.2. The Morgan fingerprint density at radius 3 is 2.84 bits per heavy atom.